The number of carbonyl (C=O) groups is 1. The van der Waals surface area contributed by atoms with Crippen molar-refractivity contribution in [2.75, 3.05) is 0 Å². The molecule has 2 saturated carbocycles. The Morgan fingerprint density at radius 2 is 2.08 bits per heavy atom. The standard InChI is InChI=1S/C18H26N6O2/c1-10-11(2)20-21-15(10)5-6-17(26)19-13-7-12(8-13)18-23-22-16(9-25)24(18)14-3-4-14/h12-14,25H,3-9H2,1-2H3,(H,19,26)(H,20,21). The monoisotopic (exact) mass is 358 g/mol. The molecule has 2 heterocycles. The van der Waals surface area contributed by atoms with Gasteiger partial charge in [-0.05, 0) is 45.1 Å². The van der Waals surface area contributed by atoms with Gasteiger partial charge in [-0.15, -0.1) is 10.2 Å². The minimum absolute atomic E-state index is 0.0670. The lowest BCUT2D eigenvalue weighted by molar-refractivity contribution is -0.122. The number of aliphatic hydroxyl groups is 1. The van der Waals surface area contributed by atoms with Gasteiger partial charge in [0, 0.05) is 36.5 Å². The van der Waals surface area contributed by atoms with Crippen molar-refractivity contribution in [1.29, 1.82) is 0 Å². The Morgan fingerprint density at radius 1 is 1.31 bits per heavy atom. The molecule has 0 radical (unpaired) electrons. The molecule has 0 unspecified atom stereocenters. The van der Waals surface area contributed by atoms with Crippen molar-refractivity contribution in [3.05, 3.63) is 28.6 Å². The number of nitrogens with one attached hydrogen (secondary N) is 2. The lowest BCUT2D eigenvalue weighted by Crippen LogP contribution is -2.44. The maximum atomic E-state index is 12.2. The summed E-state index contributed by atoms with van der Waals surface area (Å²) in [6.45, 7) is 3.95. The van der Waals surface area contributed by atoms with Gasteiger partial charge in [0.1, 0.15) is 12.4 Å². The zero-order valence-electron chi connectivity index (χ0n) is 15.3. The summed E-state index contributed by atoms with van der Waals surface area (Å²) in [5, 5.41) is 28.2. The predicted molar refractivity (Wildman–Crippen MR) is 94.5 cm³/mol. The van der Waals surface area contributed by atoms with Crippen LogP contribution >= 0.6 is 0 Å². The van der Waals surface area contributed by atoms with Crippen molar-refractivity contribution in [3.63, 3.8) is 0 Å². The molecule has 0 atom stereocenters. The number of aliphatic hydroxyl groups excluding tert-OH is 1. The normalized spacial score (nSPS) is 22.3. The molecule has 0 bridgehead atoms. The SMILES string of the molecule is Cc1[nH]nc(CCC(=O)NC2CC(c3nnc(CO)n3C3CC3)C2)c1C. The van der Waals surface area contributed by atoms with Gasteiger partial charge >= 0.3 is 0 Å². The first-order valence-electron chi connectivity index (χ1n) is 9.41. The van der Waals surface area contributed by atoms with E-state index in [2.05, 4.69) is 30.3 Å². The Morgan fingerprint density at radius 3 is 2.69 bits per heavy atom. The molecule has 4 rings (SSSR count). The number of H-pyrrole nitrogens is 1. The van der Waals surface area contributed by atoms with Gasteiger partial charge in [-0.3, -0.25) is 9.89 Å². The molecule has 2 aromatic heterocycles. The Hall–Kier alpha value is -2.22. The van der Waals surface area contributed by atoms with Gasteiger partial charge in [0.15, 0.2) is 5.82 Å². The van der Waals surface area contributed by atoms with Crippen LogP contribution in [0.2, 0.25) is 0 Å². The van der Waals surface area contributed by atoms with Gasteiger partial charge in [0.2, 0.25) is 5.91 Å². The molecule has 2 aliphatic carbocycles. The number of aryl methyl sites for hydroxylation is 2. The van der Waals surface area contributed by atoms with Crippen LogP contribution in [-0.2, 0) is 17.8 Å². The summed E-state index contributed by atoms with van der Waals surface area (Å²) in [4.78, 5) is 12.2. The van der Waals surface area contributed by atoms with Crippen molar-refractivity contribution in [1.82, 2.24) is 30.3 Å². The number of aromatic amines is 1. The van der Waals surface area contributed by atoms with Crippen LogP contribution < -0.4 is 5.32 Å². The third-order valence-corrected chi connectivity index (χ3v) is 5.66. The second-order valence-corrected chi connectivity index (χ2v) is 7.59. The van der Waals surface area contributed by atoms with E-state index in [0.717, 1.165) is 48.5 Å². The van der Waals surface area contributed by atoms with E-state index in [0.29, 0.717) is 30.6 Å². The minimum atomic E-state index is -0.0670. The van der Waals surface area contributed by atoms with Gasteiger partial charge in [-0.2, -0.15) is 5.10 Å². The number of hydrogen-bond acceptors (Lipinski definition) is 5. The molecule has 26 heavy (non-hydrogen) atoms. The maximum Gasteiger partial charge on any atom is 0.220 e. The van der Waals surface area contributed by atoms with Crippen LogP contribution in [0.4, 0.5) is 0 Å². The molecule has 0 aromatic carbocycles. The quantitative estimate of drug-likeness (QED) is 0.694. The second-order valence-electron chi connectivity index (χ2n) is 7.59. The summed E-state index contributed by atoms with van der Waals surface area (Å²) in [6.07, 6.45) is 5.17. The van der Waals surface area contributed by atoms with Crippen molar-refractivity contribution in [3.8, 4) is 0 Å². The van der Waals surface area contributed by atoms with E-state index in [1.54, 1.807) is 0 Å². The average Bonchev–Trinajstić information content (AvgIpc) is 3.27. The molecule has 3 N–H and O–H groups in total. The zero-order chi connectivity index (χ0) is 18.3. The number of aromatic nitrogens is 5. The topological polar surface area (TPSA) is 109 Å². The van der Waals surface area contributed by atoms with Crippen LogP contribution in [-0.4, -0.2) is 42.0 Å². The minimum Gasteiger partial charge on any atom is -0.388 e. The van der Waals surface area contributed by atoms with Gasteiger partial charge < -0.3 is 15.0 Å². The van der Waals surface area contributed by atoms with Crippen LogP contribution in [0.1, 0.15) is 72.7 Å². The third-order valence-electron chi connectivity index (χ3n) is 5.66. The van der Waals surface area contributed by atoms with Gasteiger partial charge in [-0.25, -0.2) is 0 Å². The first-order valence-corrected chi connectivity index (χ1v) is 9.41. The highest BCUT2D eigenvalue weighted by Gasteiger charge is 2.38. The van der Waals surface area contributed by atoms with Crippen molar-refractivity contribution in [2.45, 2.75) is 77.0 Å². The summed E-state index contributed by atoms with van der Waals surface area (Å²) in [6, 6.07) is 0.660. The molecule has 2 aliphatic rings. The van der Waals surface area contributed by atoms with E-state index in [-0.39, 0.29) is 18.6 Å². The fourth-order valence-electron chi connectivity index (χ4n) is 3.71. The fraction of sp³-hybridized carbons (Fsp3) is 0.667. The lowest BCUT2D eigenvalue weighted by Gasteiger charge is -2.35. The lowest BCUT2D eigenvalue weighted by atomic mass is 9.79. The summed E-state index contributed by atoms with van der Waals surface area (Å²) < 4.78 is 2.12. The smallest absolute Gasteiger partial charge is 0.220 e. The predicted octanol–water partition coefficient (Wildman–Crippen LogP) is 1.44. The Balaban J connectivity index is 1.27. The molecule has 1 amide bonds. The molecule has 0 saturated heterocycles. The highest BCUT2D eigenvalue weighted by atomic mass is 16.3. The molecular formula is C18H26N6O2. The first-order chi connectivity index (χ1) is 12.6. The fourth-order valence-corrected chi connectivity index (χ4v) is 3.71. The maximum absolute atomic E-state index is 12.2. The van der Waals surface area contributed by atoms with Gasteiger partial charge in [0.05, 0.1) is 5.69 Å². The summed E-state index contributed by atoms with van der Waals surface area (Å²) in [5.74, 6) is 2.04. The van der Waals surface area contributed by atoms with Crippen LogP contribution in [0.5, 0.6) is 0 Å². The van der Waals surface area contributed by atoms with Gasteiger partial charge in [-0.1, -0.05) is 0 Å². The molecule has 0 aliphatic heterocycles. The van der Waals surface area contributed by atoms with Crippen molar-refractivity contribution < 1.29 is 9.90 Å². The zero-order valence-corrected chi connectivity index (χ0v) is 15.3. The molecule has 2 fully saturated rings. The van der Waals surface area contributed by atoms with E-state index in [1.807, 2.05) is 13.8 Å². The van der Waals surface area contributed by atoms with E-state index in [9.17, 15) is 9.90 Å². The van der Waals surface area contributed by atoms with E-state index >= 15 is 0 Å². The molecular weight excluding hydrogens is 332 g/mol. The van der Waals surface area contributed by atoms with Gasteiger partial charge in [0.25, 0.3) is 0 Å². The number of rotatable bonds is 7. The van der Waals surface area contributed by atoms with E-state index < -0.39 is 0 Å². The average molecular weight is 358 g/mol. The number of carbonyl (C=O) groups excluding carboxylic acids is 1. The summed E-state index contributed by atoms with van der Waals surface area (Å²) in [7, 11) is 0. The van der Waals surface area contributed by atoms with Crippen LogP contribution in [0.3, 0.4) is 0 Å². The van der Waals surface area contributed by atoms with E-state index in [1.165, 1.54) is 0 Å². The molecule has 8 nitrogen and oxygen atoms in total. The molecule has 140 valence electrons. The van der Waals surface area contributed by atoms with E-state index in [4.69, 9.17) is 0 Å². The Bertz CT molecular complexity index is 801. The van der Waals surface area contributed by atoms with Crippen LogP contribution in [0.15, 0.2) is 0 Å². The highest BCUT2D eigenvalue weighted by molar-refractivity contribution is 5.76. The van der Waals surface area contributed by atoms with Crippen LogP contribution in [0.25, 0.3) is 0 Å². The van der Waals surface area contributed by atoms with Crippen LogP contribution in [0, 0.1) is 13.8 Å². The Labute approximate surface area is 152 Å². The molecule has 2 aromatic rings. The van der Waals surface area contributed by atoms with Crippen molar-refractivity contribution in [2.24, 2.45) is 0 Å². The Kier molecular flexibility index (Phi) is 4.52. The summed E-state index contributed by atoms with van der Waals surface area (Å²) >= 11 is 0. The highest BCUT2D eigenvalue weighted by Crippen LogP contribution is 2.42. The summed E-state index contributed by atoms with van der Waals surface area (Å²) in [5.41, 5.74) is 3.17. The molecule has 0 spiro atoms. The number of amides is 1. The largest absolute Gasteiger partial charge is 0.388 e. The van der Waals surface area contributed by atoms with Crippen molar-refractivity contribution >= 4 is 5.91 Å². The second kappa shape index (κ2) is 6.83. The first kappa shape index (κ1) is 17.2. The number of nitrogens with zero attached hydrogens (tertiary/aromatic N) is 4. The third kappa shape index (κ3) is 3.25. The number of hydrogen-bond donors (Lipinski definition) is 3. The molecule has 8 heteroatoms.